The minimum atomic E-state index is -1.26. The van der Waals surface area contributed by atoms with Crippen LogP contribution in [0.3, 0.4) is 0 Å². The summed E-state index contributed by atoms with van der Waals surface area (Å²) in [4.78, 5) is 27.5. The number of nitrogens with zero attached hydrogens (tertiary/aromatic N) is 3. The summed E-state index contributed by atoms with van der Waals surface area (Å²) in [5.74, 6) is -2.26. The summed E-state index contributed by atoms with van der Waals surface area (Å²) in [6, 6.07) is 4.87. The van der Waals surface area contributed by atoms with Crippen molar-refractivity contribution in [3.63, 3.8) is 0 Å². The average Bonchev–Trinajstić information content (AvgIpc) is 3.14. The lowest BCUT2D eigenvalue weighted by Crippen LogP contribution is -2.32. The first kappa shape index (κ1) is 14.8. The van der Waals surface area contributed by atoms with E-state index in [-0.39, 0.29) is 5.71 Å². The molecule has 1 unspecified atom stereocenters. The number of benzene rings is 1. The number of hydrazone groups is 1. The van der Waals surface area contributed by atoms with Crippen LogP contribution in [-0.4, -0.2) is 34.8 Å². The Morgan fingerprint density at radius 3 is 2.78 bits per heavy atom. The quantitative estimate of drug-likeness (QED) is 0.862. The van der Waals surface area contributed by atoms with Crippen LogP contribution >= 0.6 is 0 Å². The Bertz CT molecular complexity index is 797. The van der Waals surface area contributed by atoms with Crippen molar-refractivity contribution < 1.29 is 23.8 Å². The second-order valence-electron chi connectivity index (χ2n) is 4.88. The molecule has 1 aliphatic heterocycles. The molecule has 1 aromatic carbocycles. The Labute approximate surface area is 131 Å². The summed E-state index contributed by atoms with van der Waals surface area (Å²) in [6.45, 7) is 1.51. The van der Waals surface area contributed by atoms with E-state index in [1.807, 2.05) is 0 Å². The molecule has 8 nitrogen and oxygen atoms in total. The lowest BCUT2D eigenvalue weighted by molar-refractivity contribution is -0.142. The van der Waals surface area contributed by atoms with Crippen LogP contribution in [-0.2, 0) is 9.59 Å². The van der Waals surface area contributed by atoms with Crippen LogP contribution in [0.4, 0.5) is 5.69 Å². The first-order valence-corrected chi connectivity index (χ1v) is 6.72. The lowest BCUT2D eigenvalue weighted by Gasteiger charge is -2.15. The molecule has 0 bridgehead atoms. The van der Waals surface area contributed by atoms with Gasteiger partial charge in [-0.15, -0.1) is 0 Å². The van der Waals surface area contributed by atoms with Crippen molar-refractivity contribution in [1.82, 2.24) is 4.98 Å². The third-order valence-electron chi connectivity index (χ3n) is 3.47. The Morgan fingerprint density at radius 1 is 1.43 bits per heavy atom. The first-order chi connectivity index (χ1) is 11.0. The predicted molar refractivity (Wildman–Crippen MR) is 80.2 cm³/mol. The third-order valence-corrected chi connectivity index (χ3v) is 3.47. The molecule has 2 heterocycles. The van der Waals surface area contributed by atoms with Crippen molar-refractivity contribution in [2.45, 2.75) is 6.92 Å². The molecule has 1 atom stereocenters. The maximum absolute atomic E-state index is 12.3. The molecule has 118 valence electrons. The highest BCUT2D eigenvalue weighted by atomic mass is 16.5. The molecule has 0 spiro atoms. The highest BCUT2D eigenvalue weighted by Crippen LogP contribution is 2.34. The van der Waals surface area contributed by atoms with Crippen LogP contribution in [0.5, 0.6) is 5.75 Å². The number of methoxy groups -OCH3 is 1. The van der Waals surface area contributed by atoms with Gasteiger partial charge in [0.1, 0.15) is 12.0 Å². The van der Waals surface area contributed by atoms with Gasteiger partial charge in [0.05, 0.1) is 30.3 Å². The van der Waals surface area contributed by atoms with E-state index < -0.39 is 17.8 Å². The van der Waals surface area contributed by atoms with Crippen molar-refractivity contribution >= 4 is 23.3 Å². The van der Waals surface area contributed by atoms with Gasteiger partial charge in [-0.2, -0.15) is 10.1 Å². The fourth-order valence-corrected chi connectivity index (χ4v) is 2.39. The number of oxazole rings is 1. The molecular weight excluding hydrogens is 302 g/mol. The molecular formula is C15H13N3O5. The number of anilines is 1. The van der Waals surface area contributed by atoms with E-state index in [1.165, 1.54) is 26.5 Å². The van der Waals surface area contributed by atoms with Crippen LogP contribution in [0.25, 0.3) is 11.5 Å². The highest BCUT2D eigenvalue weighted by molar-refractivity contribution is 6.25. The van der Waals surface area contributed by atoms with Crippen molar-refractivity contribution in [3.8, 4) is 17.2 Å². The maximum atomic E-state index is 12.3. The molecule has 0 saturated heterocycles. The molecule has 0 aliphatic carbocycles. The normalized spacial score (nSPS) is 17.3. The highest BCUT2D eigenvalue weighted by Gasteiger charge is 2.40. The van der Waals surface area contributed by atoms with Crippen molar-refractivity contribution in [1.29, 1.82) is 0 Å². The van der Waals surface area contributed by atoms with Crippen molar-refractivity contribution in [3.05, 3.63) is 30.7 Å². The number of ether oxygens (including phenoxy) is 1. The van der Waals surface area contributed by atoms with Gasteiger partial charge in [-0.3, -0.25) is 9.59 Å². The van der Waals surface area contributed by atoms with Crippen molar-refractivity contribution in [2.24, 2.45) is 11.0 Å². The van der Waals surface area contributed by atoms with Gasteiger partial charge in [-0.1, -0.05) is 0 Å². The number of aliphatic carboxylic acids is 1. The second kappa shape index (κ2) is 5.56. The lowest BCUT2D eigenvalue weighted by atomic mass is 10.1. The fraction of sp³-hybridized carbons (Fsp3) is 0.200. The minimum Gasteiger partial charge on any atom is -0.496 e. The molecule has 1 aliphatic rings. The topological polar surface area (TPSA) is 105 Å². The summed E-state index contributed by atoms with van der Waals surface area (Å²) < 4.78 is 10.5. The van der Waals surface area contributed by atoms with Gasteiger partial charge in [0.15, 0.2) is 5.92 Å². The van der Waals surface area contributed by atoms with E-state index >= 15 is 0 Å². The number of carbonyl (C=O) groups excluding carboxylic acids is 1. The summed E-state index contributed by atoms with van der Waals surface area (Å²) >= 11 is 0. The Kier molecular flexibility index (Phi) is 3.57. The van der Waals surface area contributed by atoms with Gasteiger partial charge in [0.25, 0.3) is 5.91 Å². The van der Waals surface area contributed by atoms with Crippen LogP contribution in [0.2, 0.25) is 0 Å². The number of rotatable bonds is 4. The molecule has 2 aromatic rings. The SMILES string of the molecule is COc1ccc(N2N=C(C)C(C(=O)O)C2=O)cc1-c1ncco1. The van der Waals surface area contributed by atoms with Crippen LogP contribution < -0.4 is 9.75 Å². The van der Waals surface area contributed by atoms with Gasteiger partial charge in [0.2, 0.25) is 5.89 Å². The Hall–Kier alpha value is -3.16. The van der Waals surface area contributed by atoms with E-state index in [1.54, 1.807) is 18.2 Å². The molecule has 8 heteroatoms. The number of carbonyl (C=O) groups is 2. The zero-order valence-electron chi connectivity index (χ0n) is 12.4. The maximum Gasteiger partial charge on any atom is 0.322 e. The number of hydrogen-bond acceptors (Lipinski definition) is 6. The zero-order chi connectivity index (χ0) is 16.6. The number of amides is 1. The predicted octanol–water partition coefficient (Wildman–Crippen LogP) is 1.77. The van der Waals surface area contributed by atoms with Crippen LogP contribution in [0.15, 0.2) is 40.2 Å². The van der Waals surface area contributed by atoms with Crippen LogP contribution in [0, 0.1) is 5.92 Å². The van der Waals surface area contributed by atoms with E-state index in [0.29, 0.717) is 22.9 Å². The summed E-state index contributed by atoms with van der Waals surface area (Å²) in [5.41, 5.74) is 1.18. The van der Waals surface area contributed by atoms with Gasteiger partial charge in [-0.25, -0.2) is 4.98 Å². The molecule has 23 heavy (non-hydrogen) atoms. The van der Waals surface area contributed by atoms with E-state index in [2.05, 4.69) is 10.1 Å². The molecule has 1 amide bonds. The van der Waals surface area contributed by atoms with Gasteiger partial charge in [0, 0.05) is 0 Å². The van der Waals surface area contributed by atoms with E-state index in [4.69, 9.17) is 14.3 Å². The summed E-state index contributed by atoms with van der Waals surface area (Å²) in [5, 5.41) is 14.2. The first-order valence-electron chi connectivity index (χ1n) is 6.72. The van der Waals surface area contributed by atoms with Crippen molar-refractivity contribution in [2.75, 3.05) is 12.1 Å². The number of carboxylic acid groups (broad SMARTS) is 1. The molecule has 1 aromatic heterocycles. The van der Waals surface area contributed by atoms with E-state index in [0.717, 1.165) is 5.01 Å². The summed E-state index contributed by atoms with van der Waals surface area (Å²) in [7, 11) is 1.51. The average molecular weight is 315 g/mol. The molecule has 0 fully saturated rings. The molecule has 1 N–H and O–H groups in total. The van der Waals surface area contributed by atoms with Gasteiger partial charge >= 0.3 is 5.97 Å². The fourth-order valence-electron chi connectivity index (χ4n) is 2.39. The van der Waals surface area contributed by atoms with Crippen LogP contribution in [0.1, 0.15) is 6.92 Å². The van der Waals surface area contributed by atoms with E-state index in [9.17, 15) is 9.59 Å². The number of aromatic nitrogens is 1. The second-order valence-corrected chi connectivity index (χ2v) is 4.88. The minimum absolute atomic E-state index is 0.232. The molecule has 0 saturated carbocycles. The van der Waals surface area contributed by atoms with Gasteiger partial charge < -0.3 is 14.3 Å². The Balaban J connectivity index is 2.04. The largest absolute Gasteiger partial charge is 0.496 e. The smallest absolute Gasteiger partial charge is 0.322 e. The summed E-state index contributed by atoms with van der Waals surface area (Å²) in [6.07, 6.45) is 2.91. The third kappa shape index (κ3) is 2.44. The van der Waals surface area contributed by atoms with Gasteiger partial charge in [-0.05, 0) is 25.1 Å². The molecule has 3 rings (SSSR count). The number of carboxylic acids is 1. The Morgan fingerprint density at radius 2 is 2.22 bits per heavy atom. The zero-order valence-corrected chi connectivity index (χ0v) is 12.4. The molecule has 0 radical (unpaired) electrons. The number of hydrogen-bond donors (Lipinski definition) is 1. The monoisotopic (exact) mass is 315 g/mol. The standard InChI is InChI=1S/C15H13N3O5/c1-8-12(15(20)21)14(19)18(17-8)9-3-4-11(22-2)10(7-9)13-16-5-6-23-13/h3-7,12H,1-2H3,(H,20,21).